The van der Waals surface area contributed by atoms with Crippen molar-refractivity contribution in [2.45, 2.75) is 64.0 Å². The lowest BCUT2D eigenvalue weighted by molar-refractivity contribution is -0.136. The van der Waals surface area contributed by atoms with Gasteiger partial charge in [-0.25, -0.2) is 0 Å². The predicted molar refractivity (Wildman–Crippen MR) is 90.0 cm³/mol. The molecule has 3 nitrogen and oxygen atoms in total. The lowest BCUT2D eigenvalue weighted by Crippen LogP contribution is -2.47. The molecule has 1 amide bonds. The van der Waals surface area contributed by atoms with Crippen LogP contribution in [0.1, 0.15) is 51.2 Å². The average molecular weight is 300 g/mol. The topological polar surface area (TPSA) is 32.3 Å². The highest BCUT2D eigenvalue weighted by Gasteiger charge is 2.37. The van der Waals surface area contributed by atoms with E-state index in [4.69, 9.17) is 0 Å². The zero-order valence-electron chi connectivity index (χ0n) is 14.1. The first-order chi connectivity index (χ1) is 10.5. The van der Waals surface area contributed by atoms with Crippen molar-refractivity contribution >= 4 is 5.91 Å². The van der Waals surface area contributed by atoms with E-state index in [9.17, 15) is 4.79 Å². The lowest BCUT2D eigenvalue weighted by atomic mass is 9.82. The second kappa shape index (κ2) is 6.04. The summed E-state index contributed by atoms with van der Waals surface area (Å²) in [7, 11) is 0. The Morgan fingerprint density at radius 2 is 1.86 bits per heavy atom. The number of hydrogen-bond acceptors (Lipinski definition) is 2. The normalized spacial score (nSPS) is 25.1. The third kappa shape index (κ3) is 2.91. The maximum absolute atomic E-state index is 13.1. The summed E-state index contributed by atoms with van der Waals surface area (Å²) in [5.74, 6) is 0.270. The van der Waals surface area contributed by atoms with Crippen LogP contribution in [0.5, 0.6) is 0 Å². The van der Waals surface area contributed by atoms with Gasteiger partial charge in [0.05, 0.1) is 5.41 Å². The molecular formula is C19H28N2O. The molecule has 3 heteroatoms. The number of hydrogen-bond donors (Lipinski definition) is 1. The van der Waals surface area contributed by atoms with E-state index in [2.05, 4.69) is 55.3 Å². The third-order valence-electron chi connectivity index (χ3n) is 5.43. The number of nitrogens with zero attached hydrogens (tertiary/aromatic N) is 1. The first-order valence-corrected chi connectivity index (χ1v) is 8.65. The fourth-order valence-corrected chi connectivity index (χ4v) is 3.80. The molecule has 2 saturated heterocycles. The van der Waals surface area contributed by atoms with Gasteiger partial charge in [-0.1, -0.05) is 31.2 Å². The summed E-state index contributed by atoms with van der Waals surface area (Å²) in [6.45, 7) is 8.04. The number of likely N-dealkylation sites (tertiary alicyclic amines) is 1. The molecule has 2 fully saturated rings. The molecule has 0 saturated carbocycles. The van der Waals surface area contributed by atoms with Gasteiger partial charge in [0.2, 0.25) is 5.91 Å². The van der Waals surface area contributed by atoms with E-state index < -0.39 is 5.41 Å². The van der Waals surface area contributed by atoms with Crippen molar-refractivity contribution in [1.82, 2.24) is 10.2 Å². The quantitative estimate of drug-likeness (QED) is 0.931. The van der Waals surface area contributed by atoms with Gasteiger partial charge >= 0.3 is 0 Å². The minimum absolute atomic E-state index is 0.270. The summed E-state index contributed by atoms with van der Waals surface area (Å²) in [6, 6.07) is 9.66. The van der Waals surface area contributed by atoms with Crippen LogP contribution in [-0.4, -0.2) is 36.0 Å². The van der Waals surface area contributed by atoms with E-state index in [-0.39, 0.29) is 5.91 Å². The van der Waals surface area contributed by atoms with Crippen LogP contribution in [-0.2, 0) is 16.6 Å². The van der Waals surface area contributed by atoms with Gasteiger partial charge in [0.15, 0.2) is 0 Å². The molecule has 1 N–H and O–H groups in total. The number of rotatable bonds is 3. The summed E-state index contributed by atoms with van der Waals surface area (Å²) in [6.07, 6.45) is 4.61. The first-order valence-electron chi connectivity index (χ1n) is 8.65. The van der Waals surface area contributed by atoms with E-state index in [1.165, 1.54) is 18.4 Å². The SMILES string of the molecule is CCc1ccc(C(C)(C)C(=O)N2CCC3CCC(C2)N3)cc1. The zero-order valence-corrected chi connectivity index (χ0v) is 14.1. The fraction of sp³-hybridized carbons (Fsp3) is 0.632. The number of benzene rings is 1. The third-order valence-corrected chi connectivity index (χ3v) is 5.43. The van der Waals surface area contributed by atoms with Gasteiger partial charge in [-0.15, -0.1) is 0 Å². The van der Waals surface area contributed by atoms with Gasteiger partial charge in [-0.05, 0) is 50.7 Å². The number of carbonyl (C=O) groups is 1. The van der Waals surface area contributed by atoms with Crippen LogP contribution in [0.2, 0.25) is 0 Å². The van der Waals surface area contributed by atoms with Crippen LogP contribution in [0, 0.1) is 0 Å². The van der Waals surface area contributed by atoms with Crippen molar-refractivity contribution in [3.8, 4) is 0 Å². The van der Waals surface area contributed by atoms with E-state index in [0.717, 1.165) is 31.5 Å². The average Bonchev–Trinajstić information content (AvgIpc) is 2.86. The zero-order chi connectivity index (χ0) is 15.7. The molecule has 0 spiro atoms. The highest BCUT2D eigenvalue weighted by molar-refractivity contribution is 5.87. The minimum atomic E-state index is -0.449. The van der Waals surface area contributed by atoms with Gasteiger partial charge in [-0.2, -0.15) is 0 Å². The van der Waals surface area contributed by atoms with Gasteiger partial charge in [0, 0.05) is 25.2 Å². The van der Waals surface area contributed by atoms with Crippen LogP contribution in [0.15, 0.2) is 24.3 Å². The Labute approximate surface area is 134 Å². The second-order valence-corrected chi connectivity index (χ2v) is 7.35. The molecule has 0 aliphatic carbocycles. The first kappa shape index (κ1) is 15.5. The Bertz CT molecular complexity index is 535. The number of nitrogens with one attached hydrogen (secondary N) is 1. The van der Waals surface area contributed by atoms with Crippen molar-refractivity contribution in [2.75, 3.05) is 13.1 Å². The number of fused-ring (bicyclic) bond motifs is 2. The number of carbonyl (C=O) groups excluding carboxylic acids is 1. The van der Waals surface area contributed by atoms with E-state index >= 15 is 0 Å². The molecule has 1 aromatic carbocycles. The van der Waals surface area contributed by atoms with E-state index in [0.29, 0.717) is 12.1 Å². The molecule has 0 aromatic heterocycles. The monoisotopic (exact) mass is 300 g/mol. The van der Waals surface area contributed by atoms with Gasteiger partial charge in [0.25, 0.3) is 0 Å². The van der Waals surface area contributed by atoms with E-state index in [1.54, 1.807) is 0 Å². The smallest absolute Gasteiger partial charge is 0.232 e. The molecule has 22 heavy (non-hydrogen) atoms. The molecule has 2 aliphatic rings. The molecular weight excluding hydrogens is 272 g/mol. The Hall–Kier alpha value is -1.35. The second-order valence-electron chi connectivity index (χ2n) is 7.35. The summed E-state index contributed by atoms with van der Waals surface area (Å²) in [4.78, 5) is 15.2. The summed E-state index contributed by atoms with van der Waals surface area (Å²) >= 11 is 0. The molecule has 2 heterocycles. The Kier molecular flexibility index (Phi) is 4.26. The summed E-state index contributed by atoms with van der Waals surface area (Å²) in [5, 5.41) is 3.65. The van der Waals surface area contributed by atoms with Crippen LogP contribution < -0.4 is 5.32 Å². The molecule has 0 radical (unpaired) electrons. The summed E-state index contributed by atoms with van der Waals surface area (Å²) < 4.78 is 0. The molecule has 2 atom stereocenters. The van der Waals surface area contributed by atoms with Crippen molar-refractivity contribution in [3.63, 3.8) is 0 Å². The Balaban J connectivity index is 1.76. The lowest BCUT2D eigenvalue weighted by Gasteiger charge is -2.33. The largest absolute Gasteiger partial charge is 0.340 e. The van der Waals surface area contributed by atoms with Crippen molar-refractivity contribution in [1.29, 1.82) is 0 Å². The van der Waals surface area contributed by atoms with Crippen LogP contribution in [0.3, 0.4) is 0 Å². The minimum Gasteiger partial charge on any atom is -0.340 e. The maximum Gasteiger partial charge on any atom is 0.232 e. The highest BCUT2D eigenvalue weighted by atomic mass is 16.2. The fourth-order valence-electron chi connectivity index (χ4n) is 3.80. The molecule has 120 valence electrons. The van der Waals surface area contributed by atoms with Gasteiger partial charge < -0.3 is 10.2 Å². The van der Waals surface area contributed by atoms with Crippen molar-refractivity contribution < 1.29 is 4.79 Å². The maximum atomic E-state index is 13.1. The molecule has 3 rings (SSSR count). The van der Waals surface area contributed by atoms with E-state index in [1.807, 2.05) is 0 Å². The van der Waals surface area contributed by atoms with Gasteiger partial charge in [-0.3, -0.25) is 4.79 Å². The Morgan fingerprint density at radius 3 is 2.55 bits per heavy atom. The van der Waals surface area contributed by atoms with Crippen LogP contribution in [0.25, 0.3) is 0 Å². The van der Waals surface area contributed by atoms with Crippen molar-refractivity contribution in [2.24, 2.45) is 0 Å². The summed E-state index contributed by atoms with van der Waals surface area (Å²) in [5.41, 5.74) is 2.00. The number of amides is 1. The Morgan fingerprint density at radius 1 is 1.18 bits per heavy atom. The molecule has 2 aliphatic heterocycles. The standard InChI is InChI=1S/C19H28N2O/c1-4-14-5-7-15(8-6-14)19(2,3)18(22)21-12-11-16-9-10-17(13-21)20-16/h5-8,16-17,20H,4,9-13H2,1-3H3. The van der Waals surface area contributed by atoms with Gasteiger partial charge in [0.1, 0.15) is 0 Å². The molecule has 2 bridgehead atoms. The van der Waals surface area contributed by atoms with Crippen molar-refractivity contribution in [3.05, 3.63) is 35.4 Å². The number of aryl methyl sites for hydroxylation is 1. The highest BCUT2D eigenvalue weighted by Crippen LogP contribution is 2.29. The van der Waals surface area contributed by atoms with Crippen LogP contribution >= 0.6 is 0 Å². The van der Waals surface area contributed by atoms with Crippen LogP contribution in [0.4, 0.5) is 0 Å². The molecule has 2 unspecified atom stereocenters. The molecule has 1 aromatic rings. The predicted octanol–water partition coefficient (Wildman–Crippen LogP) is 2.88.